The fraction of sp³-hybridized carbons (Fsp3) is 0.700. The molecule has 0 saturated carbocycles. The van der Waals surface area contributed by atoms with E-state index in [1.54, 1.807) is 0 Å². The van der Waals surface area contributed by atoms with Crippen molar-refractivity contribution in [1.82, 2.24) is 19.9 Å². The molecule has 0 aliphatic carbocycles. The van der Waals surface area contributed by atoms with Gasteiger partial charge in [-0.05, 0) is 37.4 Å². The van der Waals surface area contributed by atoms with Gasteiger partial charge in [-0.3, -0.25) is 4.90 Å². The monoisotopic (exact) mass is 254 g/mol. The summed E-state index contributed by atoms with van der Waals surface area (Å²) in [5.74, 6) is 0.648. The minimum Gasteiger partial charge on any atom is -0.368 e. The summed E-state index contributed by atoms with van der Waals surface area (Å²) in [6, 6.07) is 1.00. The summed E-state index contributed by atoms with van der Waals surface area (Å²) in [5.41, 5.74) is 5.54. The quantitative estimate of drug-likeness (QED) is 0.811. The third-order valence-electron chi connectivity index (χ3n) is 3.55. The molecule has 0 amide bonds. The van der Waals surface area contributed by atoms with Crippen LogP contribution in [0.5, 0.6) is 0 Å². The van der Waals surface area contributed by atoms with Gasteiger partial charge in [-0.1, -0.05) is 0 Å². The van der Waals surface area contributed by atoms with Crippen LogP contribution in [-0.4, -0.2) is 45.0 Å². The highest BCUT2D eigenvalue weighted by Crippen LogP contribution is 2.29. The van der Waals surface area contributed by atoms with Crippen molar-refractivity contribution in [2.45, 2.75) is 31.3 Å². The maximum atomic E-state index is 5.75. The van der Waals surface area contributed by atoms with Gasteiger partial charge in [-0.2, -0.15) is 15.0 Å². The van der Waals surface area contributed by atoms with Crippen LogP contribution in [0.4, 0.5) is 11.9 Å². The zero-order chi connectivity index (χ0) is 11.8. The molecule has 92 valence electrons. The number of nitrogens with two attached hydrogens (primary N) is 1. The van der Waals surface area contributed by atoms with Gasteiger partial charge in [-0.25, -0.2) is 0 Å². The predicted molar refractivity (Wildman–Crippen MR) is 65.9 cm³/mol. The number of hydrogen-bond acceptors (Lipinski definition) is 6. The van der Waals surface area contributed by atoms with Crippen molar-refractivity contribution in [2.75, 3.05) is 24.1 Å². The molecular weight excluding hydrogens is 240 g/mol. The first-order chi connectivity index (χ1) is 8.22. The molecule has 0 aromatic carbocycles. The van der Waals surface area contributed by atoms with E-state index in [1.807, 2.05) is 0 Å². The Morgan fingerprint density at radius 3 is 2.94 bits per heavy atom. The second-order valence-electron chi connectivity index (χ2n) is 4.57. The third kappa shape index (κ3) is 2.14. The predicted octanol–water partition coefficient (Wildman–Crippen LogP) is 0.756. The van der Waals surface area contributed by atoms with Gasteiger partial charge in [0.2, 0.25) is 17.2 Å². The van der Waals surface area contributed by atoms with E-state index in [1.165, 1.54) is 19.4 Å². The maximum Gasteiger partial charge on any atom is 0.229 e. The van der Waals surface area contributed by atoms with Gasteiger partial charge in [0.05, 0.1) is 0 Å². The Kier molecular flexibility index (Phi) is 2.76. The first-order valence-electron chi connectivity index (χ1n) is 5.90. The molecule has 0 spiro atoms. The van der Waals surface area contributed by atoms with Crippen molar-refractivity contribution in [3.63, 3.8) is 0 Å². The van der Waals surface area contributed by atoms with Gasteiger partial charge in [0.1, 0.15) is 0 Å². The van der Waals surface area contributed by atoms with E-state index in [0.717, 1.165) is 13.0 Å². The van der Waals surface area contributed by atoms with Gasteiger partial charge in [0.25, 0.3) is 0 Å². The Morgan fingerprint density at radius 1 is 1.24 bits per heavy atom. The van der Waals surface area contributed by atoms with Crippen LogP contribution in [0.1, 0.15) is 19.3 Å². The molecule has 0 radical (unpaired) electrons. The van der Waals surface area contributed by atoms with Crippen LogP contribution in [-0.2, 0) is 0 Å². The molecule has 17 heavy (non-hydrogen) atoms. The molecule has 3 rings (SSSR count). The molecule has 1 aromatic rings. The standard InChI is InChI=1S/C10H15ClN6/c11-8-14-9(12)16-10(15-8)13-6-3-5-17-4-1-2-7(6)17/h6-7H,1-5H2,(H3,12,13,14,15,16). The first kappa shape index (κ1) is 11.0. The largest absolute Gasteiger partial charge is 0.368 e. The number of halogens is 1. The Bertz CT molecular complexity index is 405. The topological polar surface area (TPSA) is 80.0 Å². The molecule has 2 fully saturated rings. The van der Waals surface area contributed by atoms with Crippen molar-refractivity contribution >= 4 is 23.5 Å². The van der Waals surface area contributed by atoms with Gasteiger partial charge >= 0.3 is 0 Å². The zero-order valence-corrected chi connectivity index (χ0v) is 10.2. The second kappa shape index (κ2) is 4.27. The minimum absolute atomic E-state index is 0.140. The molecule has 2 aliphatic rings. The molecule has 2 atom stereocenters. The van der Waals surface area contributed by atoms with E-state index in [2.05, 4.69) is 25.2 Å². The van der Waals surface area contributed by atoms with E-state index >= 15 is 0 Å². The Morgan fingerprint density at radius 2 is 2.12 bits per heavy atom. The zero-order valence-electron chi connectivity index (χ0n) is 9.43. The van der Waals surface area contributed by atoms with Gasteiger partial charge in [-0.15, -0.1) is 0 Å². The summed E-state index contributed by atoms with van der Waals surface area (Å²) in [5, 5.41) is 3.47. The third-order valence-corrected chi connectivity index (χ3v) is 3.71. The number of fused-ring (bicyclic) bond motifs is 1. The molecule has 2 unspecified atom stereocenters. The summed E-state index contributed by atoms with van der Waals surface area (Å²) in [6.45, 7) is 2.36. The smallest absolute Gasteiger partial charge is 0.229 e. The van der Waals surface area contributed by atoms with Crippen molar-refractivity contribution in [3.8, 4) is 0 Å². The van der Waals surface area contributed by atoms with Crippen LogP contribution < -0.4 is 11.1 Å². The first-order valence-corrected chi connectivity index (χ1v) is 6.28. The Labute approximate surface area is 105 Å². The number of nitrogens with one attached hydrogen (secondary N) is 1. The number of nitrogens with zero attached hydrogens (tertiary/aromatic N) is 4. The van der Waals surface area contributed by atoms with Crippen LogP contribution >= 0.6 is 11.6 Å². The molecule has 3 N–H and O–H groups in total. The number of anilines is 2. The van der Waals surface area contributed by atoms with Crippen LogP contribution in [0.3, 0.4) is 0 Å². The number of aromatic nitrogens is 3. The average molecular weight is 255 g/mol. The van der Waals surface area contributed by atoms with Gasteiger partial charge in [0, 0.05) is 18.6 Å². The highest BCUT2D eigenvalue weighted by atomic mass is 35.5. The normalized spacial score (nSPS) is 28.3. The van der Waals surface area contributed by atoms with Crippen LogP contribution in [0, 0.1) is 0 Å². The molecule has 7 heteroatoms. The van der Waals surface area contributed by atoms with Crippen LogP contribution in [0.25, 0.3) is 0 Å². The fourth-order valence-electron chi connectivity index (χ4n) is 2.85. The highest BCUT2D eigenvalue weighted by Gasteiger charge is 2.37. The van der Waals surface area contributed by atoms with E-state index in [9.17, 15) is 0 Å². The summed E-state index contributed by atoms with van der Waals surface area (Å²) in [6.07, 6.45) is 3.64. The van der Waals surface area contributed by atoms with E-state index in [0.29, 0.717) is 18.0 Å². The summed E-state index contributed by atoms with van der Waals surface area (Å²) < 4.78 is 0. The lowest BCUT2D eigenvalue weighted by Crippen LogP contribution is -2.34. The number of hydrogen-bond donors (Lipinski definition) is 2. The lowest BCUT2D eigenvalue weighted by molar-refractivity contribution is 0.318. The van der Waals surface area contributed by atoms with Crippen molar-refractivity contribution < 1.29 is 0 Å². The molecule has 0 bridgehead atoms. The van der Waals surface area contributed by atoms with Crippen molar-refractivity contribution in [3.05, 3.63) is 5.28 Å². The van der Waals surface area contributed by atoms with Crippen LogP contribution in [0.2, 0.25) is 5.28 Å². The molecule has 6 nitrogen and oxygen atoms in total. The van der Waals surface area contributed by atoms with Crippen molar-refractivity contribution in [2.24, 2.45) is 0 Å². The van der Waals surface area contributed by atoms with Gasteiger partial charge in [0.15, 0.2) is 0 Å². The summed E-state index contributed by atoms with van der Waals surface area (Å²) in [7, 11) is 0. The van der Waals surface area contributed by atoms with E-state index in [-0.39, 0.29) is 11.2 Å². The molecule has 3 heterocycles. The molecular formula is C10H15ClN6. The van der Waals surface area contributed by atoms with Crippen LogP contribution in [0.15, 0.2) is 0 Å². The van der Waals surface area contributed by atoms with Gasteiger partial charge < -0.3 is 11.1 Å². The van der Waals surface area contributed by atoms with E-state index in [4.69, 9.17) is 17.3 Å². The SMILES string of the molecule is Nc1nc(Cl)nc(NC2CCN3CCCC23)n1. The Hall–Kier alpha value is -1.14. The average Bonchev–Trinajstić information content (AvgIpc) is 2.81. The second-order valence-corrected chi connectivity index (χ2v) is 4.91. The fourth-order valence-corrected chi connectivity index (χ4v) is 3.01. The minimum atomic E-state index is 0.140. The number of rotatable bonds is 2. The highest BCUT2D eigenvalue weighted by molar-refractivity contribution is 6.28. The Balaban J connectivity index is 1.74. The van der Waals surface area contributed by atoms with E-state index < -0.39 is 0 Å². The lowest BCUT2D eigenvalue weighted by atomic mass is 10.1. The number of nitrogen functional groups attached to an aromatic ring is 1. The van der Waals surface area contributed by atoms with Crippen molar-refractivity contribution in [1.29, 1.82) is 0 Å². The summed E-state index contributed by atoms with van der Waals surface area (Å²) in [4.78, 5) is 14.4. The molecule has 2 saturated heterocycles. The molecule has 1 aromatic heterocycles. The summed E-state index contributed by atoms with van der Waals surface area (Å²) >= 11 is 5.75. The lowest BCUT2D eigenvalue weighted by Gasteiger charge is -2.21. The maximum absolute atomic E-state index is 5.75. The molecule has 2 aliphatic heterocycles.